The lowest BCUT2D eigenvalue weighted by Gasteiger charge is -2.19. The summed E-state index contributed by atoms with van der Waals surface area (Å²) in [6, 6.07) is 12.4. The second-order valence-corrected chi connectivity index (χ2v) is 8.50. The Morgan fingerprint density at radius 2 is 1.63 bits per heavy atom. The van der Waals surface area contributed by atoms with Crippen molar-refractivity contribution in [1.29, 1.82) is 0 Å². The number of carboxylic acids is 1. The molecule has 2 rings (SSSR count). The number of hydrogen-bond acceptors (Lipinski definition) is 4. The highest BCUT2D eigenvalue weighted by atomic mass is 32.2. The molecule has 0 radical (unpaired) electrons. The highest BCUT2D eigenvalue weighted by Crippen LogP contribution is 2.20. The Morgan fingerprint density at radius 1 is 1.04 bits per heavy atom. The van der Waals surface area contributed by atoms with Crippen LogP contribution < -0.4 is 10.0 Å². The SMILES string of the molecule is Cc1ccccc1NS(=O)(=O)c1ccc(C(=O)NCC(C)(C)C(=O)O)cc1. The maximum Gasteiger partial charge on any atom is 0.310 e. The molecule has 0 saturated heterocycles. The van der Waals surface area contributed by atoms with Crippen LogP contribution >= 0.6 is 0 Å². The minimum Gasteiger partial charge on any atom is -0.481 e. The average Bonchev–Trinajstić information content (AvgIpc) is 2.61. The van der Waals surface area contributed by atoms with E-state index in [0.717, 1.165) is 5.56 Å². The first-order valence-corrected chi connectivity index (χ1v) is 9.71. The molecular formula is C19H22N2O5S. The average molecular weight is 390 g/mol. The van der Waals surface area contributed by atoms with Crippen LogP contribution in [-0.4, -0.2) is 31.9 Å². The van der Waals surface area contributed by atoms with Gasteiger partial charge in [0.25, 0.3) is 15.9 Å². The van der Waals surface area contributed by atoms with E-state index in [-0.39, 0.29) is 17.0 Å². The van der Waals surface area contributed by atoms with E-state index in [2.05, 4.69) is 10.0 Å². The van der Waals surface area contributed by atoms with E-state index in [4.69, 9.17) is 5.11 Å². The Hall–Kier alpha value is -2.87. The summed E-state index contributed by atoms with van der Waals surface area (Å²) in [6.07, 6.45) is 0. The number of carbonyl (C=O) groups is 2. The van der Waals surface area contributed by atoms with Gasteiger partial charge in [-0.05, 0) is 56.7 Å². The van der Waals surface area contributed by atoms with Crippen LogP contribution in [0.1, 0.15) is 29.8 Å². The number of benzene rings is 2. The molecule has 2 aromatic carbocycles. The molecule has 0 aromatic heterocycles. The van der Waals surface area contributed by atoms with Gasteiger partial charge >= 0.3 is 5.97 Å². The normalized spacial score (nSPS) is 11.7. The van der Waals surface area contributed by atoms with Crippen molar-refractivity contribution in [2.75, 3.05) is 11.3 Å². The predicted molar refractivity (Wildman–Crippen MR) is 102 cm³/mol. The number of rotatable bonds is 7. The third-order valence-corrected chi connectivity index (χ3v) is 5.47. The topological polar surface area (TPSA) is 113 Å². The highest BCUT2D eigenvalue weighted by Gasteiger charge is 2.27. The standard InChI is InChI=1S/C19H22N2O5S/c1-13-6-4-5-7-16(13)21-27(25,26)15-10-8-14(9-11-15)17(22)20-12-19(2,3)18(23)24/h4-11,21H,12H2,1-3H3,(H,20,22)(H,23,24). The molecule has 0 aliphatic heterocycles. The maximum absolute atomic E-state index is 12.5. The predicted octanol–water partition coefficient (Wildman–Crippen LogP) is 2.64. The Bertz CT molecular complexity index is 950. The Labute approximate surface area is 158 Å². The lowest BCUT2D eigenvalue weighted by molar-refractivity contribution is -0.146. The van der Waals surface area contributed by atoms with Crippen LogP contribution in [0.25, 0.3) is 0 Å². The second kappa shape index (κ2) is 7.79. The van der Waals surface area contributed by atoms with E-state index in [1.165, 1.54) is 38.1 Å². The molecule has 0 spiro atoms. The molecule has 2 aromatic rings. The molecule has 0 saturated carbocycles. The van der Waals surface area contributed by atoms with E-state index >= 15 is 0 Å². The van der Waals surface area contributed by atoms with Gasteiger partial charge in [0.2, 0.25) is 0 Å². The number of nitrogens with one attached hydrogen (secondary N) is 2. The molecule has 3 N–H and O–H groups in total. The molecule has 144 valence electrons. The van der Waals surface area contributed by atoms with Crippen LogP contribution in [0.5, 0.6) is 0 Å². The van der Waals surface area contributed by atoms with Crippen molar-refractivity contribution in [3.8, 4) is 0 Å². The lowest BCUT2D eigenvalue weighted by atomic mass is 9.94. The van der Waals surface area contributed by atoms with E-state index in [9.17, 15) is 18.0 Å². The van der Waals surface area contributed by atoms with Crippen LogP contribution in [0.4, 0.5) is 5.69 Å². The summed E-state index contributed by atoms with van der Waals surface area (Å²) < 4.78 is 27.5. The number of sulfonamides is 1. The molecule has 0 fully saturated rings. The van der Waals surface area contributed by atoms with Gasteiger partial charge in [0.15, 0.2) is 0 Å². The van der Waals surface area contributed by atoms with Crippen molar-refractivity contribution in [1.82, 2.24) is 5.32 Å². The van der Waals surface area contributed by atoms with Crippen molar-refractivity contribution >= 4 is 27.6 Å². The fraction of sp³-hybridized carbons (Fsp3) is 0.263. The summed E-state index contributed by atoms with van der Waals surface area (Å²) in [4.78, 5) is 23.2. The van der Waals surface area contributed by atoms with Crippen LogP contribution in [-0.2, 0) is 14.8 Å². The van der Waals surface area contributed by atoms with Gasteiger partial charge in [0.1, 0.15) is 0 Å². The van der Waals surface area contributed by atoms with E-state index in [1.807, 2.05) is 6.07 Å². The number of aliphatic carboxylic acids is 1. The molecule has 0 unspecified atom stereocenters. The zero-order valence-electron chi connectivity index (χ0n) is 15.3. The second-order valence-electron chi connectivity index (χ2n) is 6.82. The van der Waals surface area contributed by atoms with Crippen molar-refractivity contribution in [2.45, 2.75) is 25.7 Å². The monoisotopic (exact) mass is 390 g/mol. The summed E-state index contributed by atoms with van der Waals surface area (Å²) in [5, 5.41) is 11.6. The first-order valence-electron chi connectivity index (χ1n) is 8.23. The summed E-state index contributed by atoms with van der Waals surface area (Å²) in [5.41, 5.74) is 0.413. The van der Waals surface area contributed by atoms with Crippen LogP contribution in [0.15, 0.2) is 53.4 Å². The minimum absolute atomic E-state index is 0.0215. The largest absolute Gasteiger partial charge is 0.481 e. The summed E-state index contributed by atoms with van der Waals surface area (Å²) in [6.45, 7) is 4.75. The van der Waals surface area contributed by atoms with Crippen molar-refractivity contribution in [3.05, 3.63) is 59.7 Å². The van der Waals surface area contributed by atoms with Gasteiger partial charge in [0.05, 0.1) is 16.0 Å². The van der Waals surface area contributed by atoms with Crippen molar-refractivity contribution in [3.63, 3.8) is 0 Å². The van der Waals surface area contributed by atoms with Gasteiger partial charge in [-0.25, -0.2) is 8.42 Å². The quantitative estimate of drug-likeness (QED) is 0.673. The van der Waals surface area contributed by atoms with Crippen LogP contribution in [0.3, 0.4) is 0 Å². The van der Waals surface area contributed by atoms with Crippen molar-refractivity contribution < 1.29 is 23.1 Å². The molecule has 0 aliphatic rings. The van der Waals surface area contributed by atoms with Crippen molar-refractivity contribution in [2.24, 2.45) is 5.41 Å². The number of hydrogen-bond donors (Lipinski definition) is 3. The Balaban J connectivity index is 2.11. The van der Waals surface area contributed by atoms with Crippen LogP contribution in [0.2, 0.25) is 0 Å². The molecule has 1 amide bonds. The van der Waals surface area contributed by atoms with E-state index in [0.29, 0.717) is 5.69 Å². The lowest BCUT2D eigenvalue weighted by Crippen LogP contribution is -2.38. The van der Waals surface area contributed by atoms with Gasteiger partial charge in [-0.3, -0.25) is 14.3 Å². The van der Waals surface area contributed by atoms with Gasteiger partial charge < -0.3 is 10.4 Å². The Kier molecular flexibility index (Phi) is 5.90. The fourth-order valence-electron chi connectivity index (χ4n) is 2.16. The minimum atomic E-state index is -3.78. The number of anilines is 1. The summed E-state index contributed by atoms with van der Waals surface area (Å²) in [5.74, 6) is -1.49. The third-order valence-electron chi connectivity index (χ3n) is 4.09. The Morgan fingerprint density at radius 3 is 2.19 bits per heavy atom. The number of carbonyl (C=O) groups excluding carboxylic acids is 1. The molecule has 0 atom stereocenters. The molecule has 0 heterocycles. The zero-order valence-corrected chi connectivity index (χ0v) is 16.1. The maximum atomic E-state index is 12.5. The first-order chi connectivity index (χ1) is 12.5. The number of aryl methyl sites for hydroxylation is 1. The molecule has 7 nitrogen and oxygen atoms in total. The van der Waals surface area contributed by atoms with Gasteiger partial charge in [-0.2, -0.15) is 0 Å². The number of carboxylic acid groups (broad SMARTS) is 1. The fourth-order valence-corrected chi connectivity index (χ4v) is 3.29. The zero-order chi connectivity index (χ0) is 20.2. The molecule has 8 heteroatoms. The van der Waals surface area contributed by atoms with E-state index in [1.54, 1.807) is 25.1 Å². The highest BCUT2D eigenvalue weighted by molar-refractivity contribution is 7.92. The summed E-state index contributed by atoms with van der Waals surface area (Å²) in [7, 11) is -3.78. The number of para-hydroxylation sites is 1. The van der Waals surface area contributed by atoms with Gasteiger partial charge in [-0.15, -0.1) is 0 Å². The molecular weight excluding hydrogens is 368 g/mol. The van der Waals surface area contributed by atoms with Gasteiger partial charge in [0, 0.05) is 12.1 Å². The van der Waals surface area contributed by atoms with Crippen LogP contribution in [0, 0.1) is 12.3 Å². The van der Waals surface area contributed by atoms with E-state index < -0.39 is 27.3 Å². The third kappa shape index (κ3) is 5.07. The first kappa shape index (κ1) is 20.4. The smallest absolute Gasteiger partial charge is 0.310 e. The molecule has 0 bridgehead atoms. The summed E-state index contributed by atoms with van der Waals surface area (Å²) >= 11 is 0. The number of amides is 1. The molecule has 27 heavy (non-hydrogen) atoms. The van der Waals surface area contributed by atoms with Gasteiger partial charge in [-0.1, -0.05) is 18.2 Å². The molecule has 0 aliphatic carbocycles.